The molecule has 1 aromatic rings. The van der Waals surface area contributed by atoms with E-state index in [2.05, 4.69) is 37.9 Å². The van der Waals surface area contributed by atoms with Gasteiger partial charge in [0.05, 0.1) is 7.11 Å². The number of halogens is 1. The smallest absolute Gasteiger partial charge is 0.122 e. The van der Waals surface area contributed by atoms with Crippen LogP contribution in [0.15, 0.2) is 24.3 Å². The van der Waals surface area contributed by atoms with Crippen LogP contribution in [-0.2, 0) is 6.42 Å². The van der Waals surface area contributed by atoms with Gasteiger partial charge in [0.25, 0.3) is 0 Å². The number of benzene rings is 1. The maximum atomic E-state index is 5.86. The number of methoxy groups -OCH3 is 1. The zero-order valence-corrected chi connectivity index (χ0v) is 12.6. The molecule has 2 unspecified atom stereocenters. The Kier molecular flexibility index (Phi) is 6.51. The third-order valence-electron chi connectivity index (χ3n) is 3.32. The zero-order chi connectivity index (χ0) is 13.5. The number of ether oxygens (including phenoxy) is 1. The Balaban J connectivity index is 2.60. The quantitative estimate of drug-likeness (QED) is 0.703. The predicted octanol–water partition coefficient (Wildman–Crippen LogP) is 3.43. The van der Waals surface area contributed by atoms with Gasteiger partial charge in [-0.15, -0.1) is 11.6 Å². The molecule has 0 spiro atoms. The first kappa shape index (κ1) is 15.3. The largest absolute Gasteiger partial charge is 0.496 e. The fourth-order valence-electron chi connectivity index (χ4n) is 2.07. The first-order valence-electron chi connectivity index (χ1n) is 6.46. The summed E-state index contributed by atoms with van der Waals surface area (Å²) in [7, 11) is 3.88. The Morgan fingerprint density at radius 2 is 1.94 bits per heavy atom. The van der Waals surface area contributed by atoms with E-state index in [1.54, 1.807) is 7.11 Å². The fourth-order valence-corrected chi connectivity index (χ4v) is 2.16. The lowest BCUT2D eigenvalue weighted by molar-refractivity contribution is 0.229. The van der Waals surface area contributed by atoms with Crippen LogP contribution in [-0.4, -0.2) is 37.5 Å². The summed E-state index contributed by atoms with van der Waals surface area (Å²) < 4.78 is 5.39. The normalized spacial score (nSPS) is 14.6. The number of likely N-dealkylation sites (N-methyl/N-ethyl adjacent to an activating group) is 1. The molecule has 0 heterocycles. The van der Waals surface area contributed by atoms with Gasteiger partial charge in [0.2, 0.25) is 0 Å². The Hall–Kier alpha value is -0.730. The molecule has 0 aliphatic heterocycles. The minimum Gasteiger partial charge on any atom is -0.496 e. The van der Waals surface area contributed by atoms with Crippen molar-refractivity contribution in [1.82, 2.24) is 4.90 Å². The number of para-hydroxylation sites is 1. The summed E-state index contributed by atoms with van der Waals surface area (Å²) in [6.07, 6.45) is 0.996. The fraction of sp³-hybridized carbons (Fsp3) is 0.600. The zero-order valence-electron chi connectivity index (χ0n) is 11.8. The number of hydrogen-bond donors (Lipinski definition) is 0. The highest BCUT2D eigenvalue weighted by atomic mass is 35.5. The minimum absolute atomic E-state index is 0.479. The van der Waals surface area contributed by atoms with Gasteiger partial charge in [0.1, 0.15) is 5.75 Å². The van der Waals surface area contributed by atoms with Crippen molar-refractivity contribution in [2.75, 3.05) is 26.6 Å². The predicted molar refractivity (Wildman–Crippen MR) is 78.7 cm³/mol. The second-order valence-electron chi connectivity index (χ2n) is 5.06. The molecule has 0 bridgehead atoms. The van der Waals surface area contributed by atoms with Gasteiger partial charge >= 0.3 is 0 Å². The number of nitrogens with zero attached hydrogens (tertiary/aromatic N) is 1. The van der Waals surface area contributed by atoms with Crippen molar-refractivity contribution in [2.45, 2.75) is 26.3 Å². The summed E-state index contributed by atoms with van der Waals surface area (Å²) >= 11 is 5.86. The van der Waals surface area contributed by atoms with Crippen LogP contribution >= 0.6 is 11.6 Å². The first-order chi connectivity index (χ1) is 8.58. The molecule has 0 N–H and O–H groups in total. The summed E-state index contributed by atoms with van der Waals surface area (Å²) in [5.74, 6) is 2.21. The Labute approximate surface area is 116 Å². The maximum absolute atomic E-state index is 5.86. The lowest BCUT2D eigenvalue weighted by Gasteiger charge is -2.27. The van der Waals surface area contributed by atoms with Gasteiger partial charge in [0.15, 0.2) is 0 Å². The Morgan fingerprint density at radius 1 is 1.28 bits per heavy atom. The van der Waals surface area contributed by atoms with Crippen LogP contribution in [0.1, 0.15) is 19.4 Å². The molecular weight excluding hydrogens is 246 g/mol. The van der Waals surface area contributed by atoms with Gasteiger partial charge in [-0.3, -0.25) is 0 Å². The second-order valence-corrected chi connectivity index (χ2v) is 5.37. The van der Waals surface area contributed by atoms with Crippen molar-refractivity contribution in [3.05, 3.63) is 29.8 Å². The molecule has 0 aliphatic carbocycles. The molecule has 0 aromatic heterocycles. The molecule has 102 valence electrons. The molecule has 2 nitrogen and oxygen atoms in total. The highest BCUT2D eigenvalue weighted by Gasteiger charge is 2.14. The maximum Gasteiger partial charge on any atom is 0.122 e. The van der Waals surface area contributed by atoms with Crippen molar-refractivity contribution >= 4 is 11.6 Å². The Bertz CT molecular complexity index is 356. The number of alkyl halides is 1. The molecule has 0 saturated heterocycles. The van der Waals surface area contributed by atoms with E-state index in [0.29, 0.717) is 17.8 Å². The van der Waals surface area contributed by atoms with Crippen LogP contribution in [0.25, 0.3) is 0 Å². The Morgan fingerprint density at radius 3 is 2.56 bits per heavy atom. The van der Waals surface area contributed by atoms with Gasteiger partial charge in [0, 0.05) is 18.5 Å². The van der Waals surface area contributed by atoms with E-state index >= 15 is 0 Å². The van der Waals surface area contributed by atoms with Gasteiger partial charge in [-0.25, -0.2) is 0 Å². The monoisotopic (exact) mass is 269 g/mol. The molecular formula is C15H24ClNO. The summed E-state index contributed by atoms with van der Waals surface area (Å²) in [6, 6.07) is 8.70. The SMILES string of the molecule is COc1ccccc1CC(C)N(C)CC(C)CCl. The lowest BCUT2D eigenvalue weighted by atomic mass is 10.0. The van der Waals surface area contributed by atoms with E-state index in [1.807, 2.05) is 12.1 Å². The van der Waals surface area contributed by atoms with Gasteiger partial charge < -0.3 is 9.64 Å². The molecule has 0 saturated carbocycles. The van der Waals surface area contributed by atoms with E-state index in [1.165, 1.54) is 5.56 Å². The van der Waals surface area contributed by atoms with Crippen LogP contribution in [0.4, 0.5) is 0 Å². The first-order valence-corrected chi connectivity index (χ1v) is 7.00. The summed E-state index contributed by atoms with van der Waals surface area (Å²) in [5, 5.41) is 0. The molecule has 0 aliphatic rings. The number of rotatable bonds is 7. The molecule has 0 radical (unpaired) electrons. The summed E-state index contributed by atoms with van der Waals surface area (Å²) in [4.78, 5) is 2.36. The van der Waals surface area contributed by atoms with E-state index < -0.39 is 0 Å². The van der Waals surface area contributed by atoms with Crippen LogP contribution in [0, 0.1) is 5.92 Å². The molecule has 18 heavy (non-hydrogen) atoms. The van der Waals surface area contributed by atoms with E-state index in [9.17, 15) is 0 Å². The summed E-state index contributed by atoms with van der Waals surface area (Å²) in [6.45, 7) is 5.45. The average Bonchev–Trinajstić information content (AvgIpc) is 2.39. The molecule has 0 amide bonds. The standard InChI is InChI=1S/C15H24ClNO/c1-12(10-16)11-17(3)13(2)9-14-7-5-6-8-15(14)18-4/h5-8,12-13H,9-11H2,1-4H3. The number of hydrogen-bond acceptors (Lipinski definition) is 2. The highest BCUT2D eigenvalue weighted by Crippen LogP contribution is 2.20. The van der Waals surface area contributed by atoms with Crippen molar-refractivity contribution in [3.63, 3.8) is 0 Å². The molecule has 0 fully saturated rings. The van der Waals surface area contributed by atoms with Crippen LogP contribution in [0.3, 0.4) is 0 Å². The van der Waals surface area contributed by atoms with Crippen molar-refractivity contribution in [3.8, 4) is 5.75 Å². The lowest BCUT2D eigenvalue weighted by Crippen LogP contribution is -2.34. The van der Waals surface area contributed by atoms with Crippen LogP contribution < -0.4 is 4.74 Å². The van der Waals surface area contributed by atoms with Crippen molar-refractivity contribution in [1.29, 1.82) is 0 Å². The molecule has 1 aromatic carbocycles. The van der Waals surface area contributed by atoms with Crippen LogP contribution in [0.5, 0.6) is 5.75 Å². The second kappa shape index (κ2) is 7.65. The topological polar surface area (TPSA) is 12.5 Å². The minimum atomic E-state index is 0.479. The molecule has 1 rings (SSSR count). The van der Waals surface area contributed by atoms with Crippen molar-refractivity contribution in [2.24, 2.45) is 5.92 Å². The summed E-state index contributed by atoms with van der Waals surface area (Å²) in [5.41, 5.74) is 1.26. The van der Waals surface area contributed by atoms with Gasteiger partial charge in [-0.05, 0) is 37.9 Å². The third kappa shape index (κ3) is 4.51. The van der Waals surface area contributed by atoms with Crippen LogP contribution in [0.2, 0.25) is 0 Å². The van der Waals surface area contributed by atoms with E-state index in [-0.39, 0.29) is 0 Å². The van der Waals surface area contributed by atoms with Gasteiger partial charge in [-0.1, -0.05) is 25.1 Å². The molecule has 2 atom stereocenters. The van der Waals surface area contributed by atoms with E-state index in [0.717, 1.165) is 18.7 Å². The van der Waals surface area contributed by atoms with Crippen molar-refractivity contribution < 1.29 is 4.74 Å². The van der Waals surface area contributed by atoms with Gasteiger partial charge in [-0.2, -0.15) is 0 Å². The third-order valence-corrected chi connectivity index (χ3v) is 3.85. The van der Waals surface area contributed by atoms with E-state index in [4.69, 9.17) is 16.3 Å². The highest BCUT2D eigenvalue weighted by molar-refractivity contribution is 6.18. The average molecular weight is 270 g/mol. The molecule has 3 heteroatoms.